The van der Waals surface area contributed by atoms with Crippen LogP contribution in [0, 0.1) is 17.8 Å². The van der Waals surface area contributed by atoms with Crippen LogP contribution in [0.5, 0.6) is 0 Å². The Labute approximate surface area is 122 Å². The third-order valence-corrected chi connectivity index (χ3v) is 6.65. The van der Waals surface area contributed by atoms with Gasteiger partial charge in [-0.15, -0.1) is 0 Å². The quantitative estimate of drug-likeness (QED) is 0.852. The average molecular weight is 302 g/mol. The molecule has 4 atom stereocenters. The van der Waals surface area contributed by atoms with E-state index in [0.717, 1.165) is 0 Å². The van der Waals surface area contributed by atoms with Gasteiger partial charge in [-0.25, -0.2) is 8.78 Å². The topological polar surface area (TPSA) is 41.5 Å². The summed E-state index contributed by atoms with van der Waals surface area (Å²) in [5, 5.41) is 3.86. The molecule has 1 aliphatic heterocycles. The Morgan fingerprint density at radius 1 is 1.40 bits per heavy atom. The minimum absolute atomic E-state index is 0.0132. The second-order valence-electron chi connectivity index (χ2n) is 6.73. The molecule has 2 bridgehead atoms. The van der Waals surface area contributed by atoms with Gasteiger partial charge in [0.2, 0.25) is 0 Å². The van der Waals surface area contributed by atoms with Crippen LogP contribution >= 0.6 is 11.8 Å². The highest BCUT2D eigenvalue weighted by molar-refractivity contribution is 8.16. The van der Waals surface area contributed by atoms with Gasteiger partial charge in [0.15, 0.2) is 5.17 Å². The lowest BCUT2D eigenvalue weighted by molar-refractivity contribution is -0.120. The lowest BCUT2D eigenvalue weighted by atomic mass is 9.92. The van der Waals surface area contributed by atoms with E-state index >= 15 is 0 Å². The fourth-order valence-corrected chi connectivity index (χ4v) is 4.55. The number of hydrogen-bond acceptors (Lipinski definition) is 3. The molecule has 3 rings (SSSR count). The number of hydrogen-bond donors (Lipinski definition) is 1. The van der Waals surface area contributed by atoms with Crippen LogP contribution in [-0.2, 0) is 4.79 Å². The molecular formula is C14H20F2N2OS. The lowest BCUT2D eigenvalue weighted by Crippen LogP contribution is -2.41. The standard InChI is InChI=1S/C14H20F2N2OS/c1-7(2)13(3)11(19)18-12(20-13)17-10-5-9-4-8(10)6-14(9,15)16/h7-10H,4-6H2,1-3H3,(H,17,18,19)/t8-,9-,10-,13+/m1/s1. The first-order valence-electron chi connectivity index (χ1n) is 7.19. The molecule has 2 aliphatic carbocycles. The normalized spacial score (nSPS) is 42.4. The average Bonchev–Trinajstić information content (AvgIpc) is 2.91. The van der Waals surface area contributed by atoms with Crippen molar-refractivity contribution in [2.45, 2.75) is 56.7 Å². The maximum atomic E-state index is 13.5. The van der Waals surface area contributed by atoms with E-state index < -0.39 is 16.6 Å². The number of thioether (sulfide) groups is 1. The predicted molar refractivity (Wildman–Crippen MR) is 76.0 cm³/mol. The van der Waals surface area contributed by atoms with E-state index in [9.17, 15) is 13.6 Å². The van der Waals surface area contributed by atoms with Gasteiger partial charge in [0.05, 0.1) is 0 Å². The van der Waals surface area contributed by atoms with Crippen LogP contribution in [0.2, 0.25) is 0 Å². The highest BCUT2D eigenvalue weighted by atomic mass is 32.2. The first kappa shape index (κ1) is 14.3. The molecule has 1 amide bonds. The van der Waals surface area contributed by atoms with Crippen molar-refractivity contribution in [1.82, 2.24) is 5.32 Å². The molecule has 20 heavy (non-hydrogen) atoms. The Balaban J connectivity index is 1.65. The maximum Gasteiger partial charge on any atom is 0.264 e. The van der Waals surface area contributed by atoms with Crippen LogP contribution in [0.4, 0.5) is 8.78 Å². The third kappa shape index (κ3) is 2.07. The number of carbonyl (C=O) groups is 1. The third-order valence-electron chi connectivity index (χ3n) is 5.17. The summed E-state index contributed by atoms with van der Waals surface area (Å²) in [6, 6.07) is 0.0492. The van der Waals surface area contributed by atoms with Gasteiger partial charge >= 0.3 is 0 Å². The SMILES string of the molecule is CC(C)[C@]1(C)SC(N[C@@H]2C[C@H]3C[C@@H]2CC3(F)F)=NC1=O. The zero-order valence-electron chi connectivity index (χ0n) is 12.0. The fraction of sp³-hybridized carbons (Fsp3) is 0.857. The van der Waals surface area contributed by atoms with Crippen LogP contribution in [-0.4, -0.2) is 27.8 Å². The van der Waals surface area contributed by atoms with Crippen LogP contribution in [0.15, 0.2) is 4.99 Å². The van der Waals surface area contributed by atoms with E-state index in [1.54, 1.807) is 0 Å². The first-order chi connectivity index (χ1) is 9.22. The zero-order valence-corrected chi connectivity index (χ0v) is 12.8. The monoisotopic (exact) mass is 302 g/mol. The van der Waals surface area contributed by atoms with E-state index in [0.29, 0.717) is 18.0 Å². The lowest BCUT2D eigenvalue weighted by Gasteiger charge is -2.29. The van der Waals surface area contributed by atoms with Gasteiger partial charge in [0.25, 0.3) is 11.8 Å². The van der Waals surface area contributed by atoms with Gasteiger partial charge < -0.3 is 5.32 Å². The highest BCUT2D eigenvalue weighted by Crippen LogP contribution is 2.54. The molecule has 2 saturated carbocycles. The Hall–Kier alpha value is -0.650. The maximum absolute atomic E-state index is 13.5. The zero-order chi connectivity index (χ0) is 14.7. The second kappa shape index (κ2) is 4.42. The summed E-state index contributed by atoms with van der Waals surface area (Å²) >= 11 is 1.45. The molecule has 3 aliphatic rings. The van der Waals surface area contributed by atoms with E-state index in [1.807, 2.05) is 20.8 Å². The van der Waals surface area contributed by atoms with Gasteiger partial charge in [-0.05, 0) is 31.6 Å². The van der Waals surface area contributed by atoms with Gasteiger partial charge in [-0.3, -0.25) is 4.79 Å². The van der Waals surface area contributed by atoms with Crippen LogP contribution in [0.3, 0.4) is 0 Å². The van der Waals surface area contributed by atoms with Crippen molar-refractivity contribution in [3.8, 4) is 0 Å². The van der Waals surface area contributed by atoms with Crippen molar-refractivity contribution in [3.05, 3.63) is 0 Å². The summed E-state index contributed by atoms with van der Waals surface area (Å²) in [5.74, 6) is -2.90. The number of nitrogens with zero attached hydrogens (tertiary/aromatic N) is 1. The number of amides is 1. The fourth-order valence-electron chi connectivity index (χ4n) is 3.44. The minimum Gasteiger partial charge on any atom is -0.361 e. The number of fused-ring (bicyclic) bond motifs is 2. The molecule has 0 saturated heterocycles. The Kier molecular flexibility index (Phi) is 3.16. The molecule has 3 nitrogen and oxygen atoms in total. The number of halogens is 2. The van der Waals surface area contributed by atoms with Crippen LogP contribution in [0.25, 0.3) is 0 Å². The number of nitrogens with one attached hydrogen (secondary N) is 1. The van der Waals surface area contributed by atoms with E-state index in [-0.39, 0.29) is 30.2 Å². The van der Waals surface area contributed by atoms with Gasteiger partial charge in [-0.1, -0.05) is 25.6 Å². The number of rotatable bonds is 2. The molecule has 0 radical (unpaired) electrons. The molecule has 1 heterocycles. The van der Waals surface area contributed by atoms with E-state index in [1.165, 1.54) is 11.8 Å². The predicted octanol–water partition coefficient (Wildman–Crippen LogP) is 3.05. The molecule has 0 aromatic carbocycles. The second-order valence-corrected chi connectivity index (χ2v) is 8.17. The summed E-state index contributed by atoms with van der Waals surface area (Å²) < 4.78 is 26.5. The summed E-state index contributed by atoms with van der Waals surface area (Å²) in [7, 11) is 0. The summed E-state index contributed by atoms with van der Waals surface area (Å²) in [6.07, 6.45) is 1.06. The molecule has 6 heteroatoms. The molecule has 0 aromatic heterocycles. The van der Waals surface area contributed by atoms with Crippen molar-refractivity contribution in [1.29, 1.82) is 0 Å². The molecular weight excluding hydrogens is 282 g/mol. The van der Waals surface area contributed by atoms with Crippen molar-refractivity contribution in [2.75, 3.05) is 0 Å². The molecule has 2 fully saturated rings. The van der Waals surface area contributed by atoms with Crippen molar-refractivity contribution < 1.29 is 13.6 Å². The van der Waals surface area contributed by atoms with Crippen molar-refractivity contribution in [3.63, 3.8) is 0 Å². The Bertz CT molecular complexity index is 480. The summed E-state index contributed by atoms with van der Waals surface area (Å²) in [4.78, 5) is 16.1. The number of alkyl halides is 2. The van der Waals surface area contributed by atoms with E-state index in [2.05, 4.69) is 10.3 Å². The number of amidine groups is 1. The van der Waals surface area contributed by atoms with Gasteiger partial charge in [-0.2, -0.15) is 4.99 Å². The molecule has 0 aromatic rings. The number of carbonyl (C=O) groups excluding carboxylic acids is 1. The van der Waals surface area contributed by atoms with Crippen molar-refractivity contribution in [2.24, 2.45) is 22.7 Å². The summed E-state index contributed by atoms with van der Waals surface area (Å²) in [5.41, 5.74) is 0. The highest BCUT2D eigenvalue weighted by Gasteiger charge is 2.57. The van der Waals surface area contributed by atoms with E-state index in [4.69, 9.17) is 0 Å². The molecule has 0 spiro atoms. The number of aliphatic imine (C=N–C) groups is 1. The van der Waals surface area contributed by atoms with Gasteiger partial charge in [0, 0.05) is 18.4 Å². The van der Waals surface area contributed by atoms with Crippen LogP contribution in [0.1, 0.15) is 40.0 Å². The summed E-state index contributed by atoms with van der Waals surface area (Å²) in [6.45, 7) is 5.90. The molecule has 0 unspecified atom stereocenters. The smallest absolute Gasteiger partial charge is 0.264 e. The molecule has 1 N–H and O–H groups in total. The minimum atomic E-state index is -2.49. The molecule has 112 valence electrons. The Morgan fingerprint density at radius 3 is 2.55 bits per heavy atom. The Morgan fingerprint density at radius 2 is 2.10 bits per heavy atom. The first-order valence-corrected chi connectivity index (χ1v) is 8.00. The van der Waals surface area contributed by atoms with Crippen LogP contribution < -0.4 is 5.32 Å². The van der Waals surface area contributed by atoms with Crippen molar-refractivity contribution >= 4 is 22.8 Å². The largest absolute Gasteiger partial charge is 0.361 e. The van der Waals surface area contributed by atoms with Gasteiger partial charge in [0.1, 0.15) is 4.75 Å².